The maximum Gasteiger partial charge on any atom is 0.0618 e. The second kappa shape index (κ2) is 13.9. The molecular weight excluding hydrogens is 713 g/mol. The molecule has 0 fully saturated rings. The minimum atomic E-state index is -0.129. The molecule has 1 heterocycles. The highest BCUT2D eigenvalue weighted by Crippen LogP contribution is 2.51. The number of benzene rings is 9. The highest BCUT2D eigenvalue weighted by atomic mass is 15.1. The SMILES string of the molecule is CC1(C)c2ccccc2-c2ccc(N(c3ccc(-c4ccccc4)cc3)c3ccc4c5ccccc5n(-c5c(-c6ccccc6)cccc5-c5ccccc5)c4c3)cc21. The molecule has 0 unspecified atom stereocenters. The molecule has 2 heteroatoms. The molecule has 0 radical (unpaired) electrons. The third-order valence-corrected chi connectivity index (χ3v) is 12.4. The summed E-state index contributed by atoms with van der Waals surface area (Å²) in [7, 11) is 0. The minimum absolute atomic E-state index is 0.129. The second-order valence-electron chi connectivity index (χ2n) is 16.1. The summed E-state index contributed by atoms with van der Waals surface area (Å²) in [5.74, 6) is 0. The Balaban J connectivity index is 1.17. The Morgan fingerprint density at radius 3 is 1.53 bits per heavy atom. The molecule has 1 aliphatic carbocycles. The van der Waals surface area contributed by atoms with Crippen LogP contribution in [0.2, 0.25) is 0 Å². The molecule has 1 aromatic heterocycles. The van der Waals surface area contributed by atoms with E-state index >= 15 is 0 Å². The van der Waals surface area contributed by atoms with Crippen LogP contribution in [0.1, 0.15) is 25.0 Å². The molecule has 0 atom stereocenters. The van der Waals surface area contributed by atoms with E-state index in [-0.39, 0.29) is 5.41 Å². The Labute approximate surface area is 345 Å². The van der Waals surface area contributed by atoms with E-state index in [9.17, 15) is 0 Å². The highest BCUT2D eigenvalue weighted by Gasteiger charge is 2.36. The first-order valence-electron chi connectivity index (χ1n) is 20.5. The molecule has 9 aromatic carbocycles. The number of anilines is 3. The summed E-state index contributed by atoms with van der Waals surface area (Å²) in [6.45, 7) is 4.72. The standard InChI is InChI=1S/C57H42N2/c1-57(2)52-27-14-12-23-48(52)49-35-33-44(37-53(49)57)58(43-31-29-40(30-32-43)39-17-6-3-7-18-39)45-34-36-51-50-24-13-15-28-54(50)59(55(51)38-45)56-46(41-19-8-4-9-20-41)25-16-26-47(56)42-21-10-5-11-22-42/h3-38H,1-2H3. The molecule has 280 valence electrons. The van der Waals surface area contributed by atoms with Crippen LogP contribution in [0.3, 0.4) is 0 Å². The number of hydrogen-bond donors (Lipinski definition) is 0. The number of para-hydroxylation sites is 2. The van der Waals surface area contributed by atoms with E-state index in [1.54, 1.807) is 0 Å². The molecular formula is C57H42N2. The van der Waals surface area contributed by atoms with Gasteiger partial charge in [-0.2, -0.15) is 0 Å². The maximum atomic E-state index is 2.51. The lowest BCUT2D eigenvalue weighted by Crippen LogP contribution is -2.16. The summed E-state index contributed by atoms with van der Waals surface area (Å²) in [5.41, 5.74) is 19.2. The van der Waals surface area contributed by atoms with E-state index in [0.717, 1.165) is 22.6 Å². The fourth-order valence-electron chi connectivity index (χ4n) is 9.54. The minimum Gasteiger partial charge on any atom is -0.310 e. The fraction of sp³-hybridized carbons (Fsp3) is 0.0526. The molecule has 0 aliphatic heterocycles. The Kier molecular flexibility index (Phi) is 8.20. The van der Waals surface area contributed by atoms with Crippen LogP contribution in [-0.2, 0) is 5.41 Å². The van der Waals surface area contributed by atoms with Gasteiger partial charge in [0.15, 0.2) is 0 Å². The highest BCUT2D eigenvalue weighted by molar-refractivity contribution is 6.11. The largest absolute Gasteiger partial charge is 0.310 e. The summed E-state index contributed by atoms with van der Waals surface area (Å²) < 4.78 is 2.51. The van der Waals surface area contributed by atoms with Gasteiger partial charge in [-0.3, -0.25) is 0 Å². The monoisotopic (exact) mass is 754 g/mol. The molecule has 10 aromatic rings. The van der Waals surface area contributed by atoms with Gasteiger partial charge in [0.25, 0.3) is 0 Å². The van der Waals surface area contributed by atoms with Gasteiger partial charge in [0, 0.05) is 44.4 Å². The zero-order valence-corrected chi connectivity index (χ0v) is 33.2. The van der Waals surface area contributed by atoms with Gasteiger partial charge in [-0.05, 0) is 87.0 Å². The maximum absolute atomic E-state index is 2.51. The van der Waals surface area contributed by atoms with Gasteiger partial charge in [-0.25, -0.2) is 0 Å². The van der Waals surface area contributed by atoms with E-state index in [2.05, 4.69) is 242 Å². The first-order chi connectivity index (χ1) is 29.0. The zero-order chi connectivity index (χ0) is 39.5. The van der Waals surface area contributed by atoms with Crippen LogP contribution < -0.4 is 4.90 Å². The van der Waals surface area contributed by atoms with E-state index in [0.29, 0.717) is 0 Å². The van der Waals surface area contributed by atoms with Crippen LogP contribution in [0.4, 0.5) is 17.1 Å². The van der Waals surface area contributed by atoms with Crippen molar-refractivity contribution in [3.8, 4) is 50.2 Å². The summed E-state index contributed by atoms with van der Waals surface area (Å²) in [5, 5.41) is 2.45. The van der Waals surface area contributed by atoms with Crippen LogP contribution in [0.15, 0.2) is 218 Å². The van der Waals surface area contributed by atoms with Crippen molar-refractivity contribution >= 4 is 38.9 Å². The predicted octanol–water partition coefficient (Wildman–Crippen LogP) is 15.6. The fourth-order valence-corrected chi connectivity index (χ4v) is 9.54. The molecule has 11 rings (SSSR count). The summed E-state index contributed by atoms with van der Waals surface area (Å²) in [4.78, 5) is 2.44. The van der Waals surface area contributed by atoms with Crippen LogP contribution in [0.25, 0.3) is 72.0 Å². The lowest BCUT2D eigenvalue weighted by molar-refractivity contribution is 0.660. The van der Waals surface area contributed by atoms with Crippen LogP contribution in [-0.4, -0.2) is 4.57 Å². The number of fused-ring (bicyclic) bond motifs is 6. The predicted molar refractivity (Wildman–Crippen MR) is 249 cm³/mol. The van der Waals surface area contributed by atoms with Gasteiger partial charge in [0.05, 0.1) is 16.7 Å². The third-order valence-electron chi connectivity index (χ3n) is 12.4. The van der Waals surface area contributed by atoms with Crippen LogP contribution >= 0.6 is 0 Å². The Morgan fingerprint density at radius 2 is 0.831 bits per heavy atom. The van der Waals surface area contributed by atoms with Gasteiger partial charge in [0.2, 0.25) is 0 Å². The molecule has 2 nitrogen and oxygen atoms in total. The first kappa shape index (κ1) is 34.8. The topological polar surface area (TPSA) is 8.17 Å². The van der Waals surface area contributed by atoms with Crippen molar-refractivity contribution in [1.29, 1.82) is 0 Å². The Hall–Kier alpha value is -7.42. The van der Waals surface area contributed by atoms with Crippen molar-refractivity contribution in [2.24, 2.45) is 0 Å². The van der Waals surface area contributed by atoms with E-state index < -0.39 is 0 Å². The van der Waals surface area contributed by atoms with Crippen molar-refractivity contribution in [1.82, 2.24) is 4.57 Å². The van der Waals surface area contributed by atoms with E-state index in [4.69, 9.17) is 0 Å². The van der Waals surface area contributed by atoms with Gasteiger partial charge in [-0.1, -0.05) is 190 Å². The van der Waals surface area contributed by atoms with Gasteiger partial charge >= 0.3 is 0 Å². The zero-order valence-electron chi connectivity index (χ0n) is 33.2. The van der Waals surface area contributed by atoms with Gasteiger partial charge < -0.3 is 9.47 Å². The molecule has 0 saturated carbocycles. The van der Waals surface area contributed by atoms with E-state index in [1.165, 1.54) is 77.6 Å². The molecule has 0 amide bonds. The first-order valence-corrected chi connectivity index (χ1v) is 20.5. The Bertz CT molecular complexity index is 3100. The molecule has 59 heavy (non-hydrogen) atoms. The molecule has 1 aliphatic rings. The third kappa shape index (κ3) is 5.71. The normalized spacial score (nSPS) is 12.7. The average molecular weight is 755 g/mol. The number of nitrogens with zero attached hydrogens (tertiary/aromatic N) is 2. The summed E-state index contributed by atoms with van der Waals surface area (Å²) >= 11 is 0. The average Bonchev–Trinajstić information content (AvgIpc) is 3.74. The van der Waals surface area contributed by atoms with Crippen LogP contribution in [0, 0.1) is 0 Å². The second-order valence-corrected chi connectivity index (χ2v) is 16.1. The lowest BCUT2D eigenvalue weighted by atomic mass is 9.82. The Morgan fingerprint density at radius 1 is 0.339 bits per heavy atom. The van der Waals surface area contributed by atoms with Crippen LogP contribution in [0.5, 0.6) is 0 Å². The van der Waals surface area contributed by atoms with Crippen molar-refractivity contribution < 1.29 is 0 Å². The van der Waals surface area contributed by atoms with Crippen molar-refractivity contribution in [2.75, 3.05) is 4.90 Å². The summed E-state index contributed by atoms with van der Waals surface area (Å²) in [6.07, 6.45) is 0. The lowest BCUT2D eigenvalue weighted by Gasteiger charge is -2.28. The molecule has 0 bridgehead atoms. The number of rotatable bonds is 7. The van der Waals surface area contributed by atoms with Crippen molar-refractivity contribution in [2.45, 2.75) is 19.3 Å². The van der Waals surface area contributed by atoms with Crippen molar-refractivity contribution in [3.05, 3.63) is 230 Å². The molecule has 0 saturated heterocycles. The van der Waals surface area contributed by atoms with Crippen molar-refractivity contribution in [3.63, 3.8) is 0 Å². The van der Waals surface area contributed by atoms with E-state index in [1.807, 2.05) is 0 Å². The summed E-state index contributed by atoms with van der Waals surface area (Å²) in [6, 6.07) is 79.9. The quantitative estimate of drug-likeness (QED) is 0.157. The molecule has 0 N–H and O–H groups in total. The number of aromatic nitrogens is 1. The smallest absolute Gasteiger partial charge is 0.0618 e. The number of hydrogen-bond acceptors (Lipinski definition) is 1. The van der Waals surface area contributed by atoms with Gasteiger partial charge in [-0.15, -0.1) is 0 Å². The molecule has 0 spiro atoms. The van der Waals surface area contributed by atoms with Gasteiger partial charge in [0.1, 0.15) is 0 Å².